The van der Waals surface area contributed by atoms with Crippen molar-refractivity contribution >= 4 is 16.0 Å². The second kappa shape index (κ2) is 3.99. The molecule has 1 aromatic heterocycles. The van der Waals surface area contributed by atoms with Crippen LogP contribution in [-0.4, -0.2) is 28.8 Å². The van der Waals surface area contributed by atoms with Crippen molar-refractivity contribution in [3.8, 4) is 0 Å². The third kappa shape index (κ3) is 2.34. The standard InChI is InChI=1S/C7H11N3O4S/c1-2-4(15(12,13)14)5-6(7(8)11)10-3-9-5/h3-4H,2H2,1H3,(H2,8,11)(H,9,10)(H,12,13,14). The molecule has 0 aliphatic rings. The van der Waals surface area contributed by atoms with E-state index in [1.165, 1.54) is 0 Å². The molecule has 4 N–H and O–H groups in total. The van der Waals surface area contributed by atoms with Gasteiger partial charge in [-0.25, -0.2) is 4.98 Å². The minimum absolute atomic E-state index is 0.0208. The van der Waals surface area contributed by atoms with Gasteiger partial charge < -0.3 is 10.7 Å². The summed E-state index contributed by atoms with van der Waals surface area (Å²) in [5.41, 5.74) is 4.85. The van der Waals surface area contributed by atoms with E-state index in [1.54, 1.807) is 6.92 Å². The second-order valence-corrected chi connectivity index (χ2v) is 4.54. The molecule has 0 radical (unpaired) electrons. The van der Waals surface area contributed by atoms with Crippen LogP contribution in [0.15, 0.2) is 6.33 Å². The van der Waals surface area contributed by atoms with Gasteiger partial charge in [0.1, 0.15) is 10.9 Å². The molecule has 1 rings (SSSR count). The summed E-state index contributed by atoms with van der Waals surface area (Å²) in [4.78, 5) is 17.0. The first kappa shape index (κ1) is 11.7. The fourth-order valence-corrected chi connectivity index (χ4v) is 2.21. The van der Waals surface area contributed by atoms with Crippen molar-refractivity contribution < 1.29 is 17.8 Å². The fraction of sp³-hybridized carbons (Fsp3) is 0.429. The number of aromatic amines is 1. The molecule has 8 heteroatoms. The lowest BCUT2D eigenvalue weighted by Gasteiger charge is -2.10. The highest BCUT2D eigenvalue weighted by Gasteiger charge is 2.29. The third-order valence-electron chi connectivity index (χ3n) is 1.95. The molecule has 0 saturated heterocycles. The van der Waals surface area contributed by atoms with Crippen LogP contribution in [0.1, 0.15) is 34.8 Å². The van der Waals surface area contributed by atoms with Gasteiger partial charge in [0.15, 0.2) is 0 Å². The lowest BCUT2D eigenvalue weighted by Crippen LogP contribution is -2.19. The number of imidazole rings is 1. The molecule has 0 aliphatic carbocycles. The van der Waals surface area contributed by atoms with E-state index in [1.807, 2.05) is 0 Å². The largest absolute Gasteiger partial charge is 0.364 e. The summed E-state index contributed by atoms with van der Waals surface area (Å²) in [6, 6.07) is 0. The number of aromatic nitrogens is 2. The molecule has 0 aliphatic heterocycles. The first-order valence-corrected chi connectivity index (χ1v) is 5.67. The smallest absolute Gasteiger partial charge is 0.273 e. The number of hydrogen-bond donors (Lipinski definition) is 3. The fourth-order valence-electron chi connectivity index (χ4n) is 1.31. The minimum Gasteiger partial charge on any atom is -0.364 e. The van der Waals surface area contributed by atoms with Gasteiger partial charge in [0.05, 0.1) is 12.0 Å². The molecule has 0 fully saturated rings. The van der Waals surface area contributed by atoms with Crippen molar-refractivity contribution in [1.82, 2.24) is 9.97 Å². The van der Waals surface area contributed by atoms with E-state index in [9.17, 15) is 13.2 Å². The number of primary amides is 1. The summed E-state index contributed by atoms with van der Waals surface area (Å²) in [6.07, 6.45) is 1.27. The number of carbonyl (C=O) groups is 1. The number of hydrogen-bond acceptors (Lipinski definition) is 4. The lowest BCUT2D eigenvalue weighted by atomic mass is 10.2. The summed E-state index contributed by atoms with van der Waals surface area (Å²) in [5, 5.41) is -1.21. The predicted octanol–water partition coefficient (Wildman–Crippen LogP) is -0.152. The Kier molecular flexibility index (Phi) is 3.10. The molecule has 0 aromatic carbocycles. The topological polar surface area (TPSA) is 126 Å². The molecule has 15 heavy (non-hydrogen) atoms. The van der Waals surface area contributed by atoms with Crippen LogP contribution < -0.4 is 5.73 Å². The molecule has 1 atom stereocenters. The molecule has 7 nitrogen and oxygen atoms in total. The molecule has 1 heterocycles. The summed E-state index contributed by atoms with van der Waals surface area (Å²) in [5.74, 6) is -0.839. The average Bonchev–Trinajstić information content (AvgIpc) is 2.51. The molecule has 0 spiro atoms. The van der Waals surface area contributed by atoms with Gasteiger partial charge in [-0.2, -0.15) is 8.42 Å². The van der Waals surface area contributed by atoms with Gasteiger partial charge in [-0.05, 0) is 6.42 Å². The number of amides is 1. The van der Waals surface area contributed by atoms with Crippen LogP contribution in [0.2, 0.25) is 0 Å². The van der Waals surface area contributed by atoms with E-state index in [0.29, 0.717) is 0 Å². The van der Waals surface area contributed by atoms with E-state index in [0.717, 1.165) is 6.33 Å². The van der Waals surface area contributed by atoms with Gasteiger partial charge in [-0.1, -0.05) is 6.92 Å². The van der Waals surface area contributed by atoms with Crippen molar-refractivity contribution in [1.29, 1.82) is 0 Å². The monoisotopic (exact) mass is 233 g/mol. The maximum Gasteiger partial charge on any atom is 0.273 e. The zero-order valence-electron chi connectivity index (χ0n) is 7.97. The maximum atomic E-state index is 11.0. The van der Waals surface area contributed by atoms with E-state index < -0.39 is 21.3 Å². The molecular weight excluding hydrogens is 222 g/mol. The molecule has 0 bridgehead atoms. The minimum atomic E-state index is -4.27. The molecule has 84 valence electrons. The van der Waals surface area contributed by atoms with Crippen molar-refractivity contribution in [2.45, 2.75) is 18.6 Å². The molecular formula is C7H11N3O4S. The van der Waals surface area contributed by atoms with Crippen molar-refractivity contribution in [3.05, 3.63) is 17.7 Å². The molecule has 1 unspecified atom stereocenters. The van der Waals surface area contributed by atoms with Crippen LogP contribution in [0.5, 0.6) is 0 Å². The number of nitrogens with zero attached hydrogens (tertiary/aromatic N) is 1. The van der Waals surface area contributed by atoms with Crippen molar-refractivity contribution in [3.63, 3.8) is 0 Å². The Morgan fingerprint density at radius 1 is 1.73 bits per heavy atom. The summed E-state index contributed by atoms with van der Waals surface area (Å²) in [7, 11) is -4.27. The van der Waals surface area contributed by atoms with Crippen LogP contribution in [0.4, 0.5) is 0 Å². The van der Waals surface area contributed by atoms with Gasteiger partial charge in [0, 0.05) is 0 Å². The van der Waals surface area contributed by atoms with Crippen molar-refractivity contribution in [2.75, 3.05) is 0 Å². The number of nitrogens with two attached hydrogens (primary N) is 1. The van der Waals surface area contributed by atoms with Gasteiger partial charge >= 0.3 is 0 Å². The SMILES string of the molecule is CCC(c1[nH]cnc1C(N)=O)S(=O)(=O)O. The van der Waals surface area contributed by atoms with Gasteiger partial charge in [0.25, 0.3) is 16.0 Å². The number of nitrogens with one attached hydrogen (secondary N) is 1. The highest BCUT2D eigenvalue weighted by molar-refractivity contribution is 7.86. The summed E-state index contributed by atoms with van der Waals surface area (Å²) in [6.45, 7) is 1.56. The maximum absolute atomic E-state index is 11.0. The van der Waals surface area contributed by atoms with Crippen LogP contribution in [0, 0.1) is 0 Å². The van der Waals surface area contributed by atoms with E-state index in [4.69, 9.17) is 10.3 Å². The number of rotatable bonds is 4. The van der Waals surface area contributed by atoms with E-state index >= 15 is 0 Å². The Hall–Kier alpha value is -1.41. The van der Waals surface area contributed by atoms with E-state index in [-0.39, 0.29) is 17.8 Å². The highest BCUT2D eigenvalue weighted by atomic mass is 32.2. The zero-order chi connectivity index (χ0) is 11.6. The third-order valence-corrected chi connectivity index (χ3v) is 3.24. The predicted molar refractivity (Wildman–Crippen MR) is 51.7 cm³/mol. The average molecular weight is 233 g/mol. The first-order chi connectivity index (χ1) is 6.88. The quantitative estimate of drug-likeness (QED) is 0.623. The van der Waals surface area contributed by atoms with Crippen LogP contribution in [0.3, 0.4) is 0 Å². The van der Waals surface area contributed by atoms with Gasteiger partial charge in [0.2, 0.25) is 0 Å². The normalized spacial score (nSPS) is 13.7. The Balaban J connectivity index is 3.25. The lowest BCUT2D eigenvalue weighted by molar-refractivity contribution is 0.0995. The Labute approximate surface area is 86.5 Å². The van der Waals surface area contributed by atoms with Crippen LogP contribution >= 0.6 is 0 Å². The molecule has 1 aromatic rings. The van der Waals surface area contributed by atoms with Gasteiger partial charge in [-0.3, -0.25) is 9.35 Å². The Bertz CT molecular complexity index is 464. The van der Waals surface area contributed by atoms with E-state index in [2.05, 4.69) is 9.97 Å². The highest BCUT2D eigenvalue weighted by Crippen LogP contribution is 2.25. The number of carbonyl (C=O) groups excluding carboxylic acids is 1. The van der Waals surface area contributed by atoms with Crippen LogP contribution in [-0.2, 0) is 10.1 Å². The number of H-pyrrole nitrogens is 1. The zero-order valence-corrected chi connectivity index (χ0v) is 8.78. The second-order valence-electron chi connectivity index (χ2n) is 2.94. The Morgan fingerprint density at radius 3 is 2.73 bits per heavy atom. The van der Waals surface area contributed by atoms with Crippen LogP contribution in [0.25, 0.3) is 0 Å². The first-order valence-electron chi connectivity index (χ1n) is 4.17. The van der Waals surface area contributed by atoms with Gasteiger partial charge in [-0.15, -0.1) is 0 Å². The van der Waals surface area contributed by atoms with Crippen molar-refractivity contribution in [2.24, 2.45) is 5.73 Å². The molecule has 1 amide bonds. The Morgan fingerprint density at radius 2 is 2.33 bits per heavy atom. The molecule has 0 saturated carbocycles. The summed E-state index contributed by atoms with van der Waals surface area (Å²) < 4.78 is 30.9. The summed E-state index contributed by atoms with van der Waals surface area (Å²) >= 11 is 0.